The largest absolute Gasteiger partial charge is 0.461 e. The zero-order valence-electron chi connectivity index (χ0n) is 11.8. The summed E-state index contributed by atoms with van der Waals surface area (Å²) in [6.07, 6.45) is 1.43. The molecule has 1 aromatic heterocycles. The van der Waals surface area contributed by atoms with Gasteiger partial charge in [-0.1, -0.05) is 11.6 Å². The van der Waals surface area contributed by atoms with Crippen LogP contribution >= 0.6 is 11.6 Å². The van der Waals surface area contributed by atoms with Crippen LogP contribution in [0.25, 0.3) is 0 Å². The van der Waals surface area contributed by atoms with E-state index in [4.69, 9.17) is 16.3 Å². The smallest absolute Gasteiger partial charge is 0.390 e. The van der Waals surface area contributed by atoms with Crippen molar-refractivity contribution in [1.82, 2.24) is 4.98 Å². The first-order valence-electron chi connectivity index (χ1n) is 6.04. The summed E-state index contributed by atoms with van der Waals surface area (Å²) in [6, 6.07) is 1.45. The highest BCUT2D eigenvalue weighted by atomic mass is 35.5. The van der Waals surface area contributed by atoms with Crippen LogP contribution in [0.4, 0.5) is 5.69 Å². The van der Waals surface area contributed by atoms with Crippen molar-refractivity contribution in [3.05, 3.63) is 33.6 Å². The predicted octanol–water partition coefficient (Wildman–Crippen LogP) is 1.41. The van der Waals surface area contributed by atoms with E-state index in [2.05, 4.69) is 9.98 Å². The molecule has 0 fully saturated rings. The van der Waals surface area contributed by atoms with Gasteiger partial charge in [0.15, 0.2) is 5.84 Å². The summed E-state index contributed by atoms with van der Waals surface area (Å²) in [5, 5.41) is 11.5. The third kappa shape index (κ3) is 4.12. The molecular weight excluding hydrogens is 300 g/mol. The number of carbonyl (C=O) groups excluding carboxylic acids is 1. The van der Waals surface area contributed by atoms with Gasteiger partial charge in [0.25, 0.3) is 0 Å². The van der Waals surface area contributed by atoms with Gasteiger partial charge in [0.05, 0.1) is 18.5 Å². The number of aliphatic imine (C=N–C) groups is 1. The lowest BCUT2D eigenvalue weighted by atomic mass is 10.2. The fraction of sp³-hybridized carbons (Fsp3) is 0.417. The number of anilines is 1. The van der Waals surface area contributed by atoms with Crippen molar-refractivity contribution in [3.8, 4) is 0 Å². The molecule has 1 aromatic rings. The number of nitro groups is 1. The zero-order chi connectivity index (χ0) is 16.0. The van der Waals surface area contributed by atoms with Gasteiger partial charge < -0.3 is 9.64 Å². The minimum Gasteiger partial charge on any atom is -0.461 e. The summed E-state index contributed by atoms with van der Waals surface area (Å²) in [5.41, 5.74) is 0.510. The van der Waals surface area contributed by atoms with Gasteiger partial charge in [-0.25, -0.2) is 9.78 Å². The van der Waals surface area contributed by atoms with Gasteiger partial charge in [0.1, 0.15) is 5.15 Å². The molecule has 21 heavy (non-hydrogen) atoms. The minimum atomic E-state index is -1.70. The Morgan fingerprint density at radius 2 is 2.29 bits per heavy atom. The number of amidine groups is 1. The lowest BCUT2D eigenvalue weighted by molar-refractivity contribution is -0.492. The van der Waals surface area contributed by atoms with Gasteiger partial charge >= 0.3 is 12.0 Å². The van der Waals surface area contributed by atoms with Crippen LogP contribution in [-0.2, 0) is 9.53 Å². The van der Waals surface area contributed by atoms with Crippen LogP contribution in [-0.4, -0.2) is 48.5 Å². The SMILES string of the molecule is CCOC(=O)C(C(=NC)N(C)c1ccc(Cl)nc1)[N+](=O)[O-]. The number of likely N-dealkylation sites (N-methyl/N-ethyl adjacent to an activating group) is 1. The maximum absolute atomic E-state index is 11.8. The molecule has 0 aromatic carbocycles. The molecule has 0 amide bonds. The summed E-state index contributed by atoms with van der Waals surface area (Å²) in [4.78, 5) is 31.3. The number of esters is 1. The summed E-state index contributed by atoms with van der Waals surface area (Å²) >= 11 is 5.69. The molecule has 0 N–H and O–H groups in total. The van der Waals surface area contributed by atoms with E-state index in [0.29, 0.717) is 10.8 Å². The first-order valence-corrected chi connectivity index (χ1v) is 6.42. The molecule has 114 valence electrons. The van der Waals surface area contributed by atoms with Crippen molar-refractivity contribution in [3.63, 3.8) is 0 Å². The zero-order valence-corrected chi connectivity index (χ0v) is 12.6. The second kappa shape index (κ2) is 7.53. The van der Waals surface area contributed by atoms with Crippen LogP contribution < -0.4 is 4.90 Å². The second-order valence-electron chi connectivity index (χ2n) is 3.92. The molecular formula is C12H15ClN4O4. The van der Waals surface area contributed by atoms with Crippen LogP contribution in [0.1, 0.15) is 6.92 Å². The lowest BCUT2D eigenvalue weighted by Gasteiger charge is -2.22. The molecule has 0 spiro atoms. The Bertz CT molecular complexity index is 547. The van der Waals surface area contributed by atoms with Crippen molar-refractivity contribution in [2.45, 2.75) is 13.0 Å². The normalized spacial score (nSPS) is 12.7. The topological polar surface area (TPSA) is 97.9 Å². The van der Waals surface area contributed by atoms with E-state index in [9.17, 15) is 14.9 Å². The third-order valence-electron chi connectivity index (χ3n) is 2.64. The summed E-state index contributed by atoms with van der Waals surface area (Å²) in [6.45, 7) is 1.62. The Kier molecular flexibility index (Phi) is 6.04. The number of pyridine rings is 1. The Balaban J connectivity index is 3.11. The quantitative estimate of drug-likeness (QED) is 0.203. The fourth-order valence-corrected chi connectivity index (χ4v) is 1.77. The Morgan fingerprint density at radius 3 is 2.71 bits per heavy atom. The van der Waals surface area contributed by atoms with Gasteiger partial charge in [0.2, 0.25) is 0 Å². The molecule has 0 aliphatic carbocycles. The molecule has 0 saturated carbocycles. The van der Waals surface area contributed by atoms with E-state index in [1.807, 2.05) is 0 Å². The van der Waals surface area contributed by atoms with Crippen molar-refractivity contribution < 1.29 is 14.5 Å². The van der Waals surface area contributed by atoms with Crippen molar-refractivity contribution in [1.29, 1.82) is 0 Å². The van der Waals surface area contributed by atoms with Crippen molar-refractivity contribution in [2.75, 3.05) is 25.6 Å². The predicted molar refractivity (Wildman–Crippen MR) is 78.4 cm³/mol. The highest BCUT2D eigenvalue weighted by Gasteiger charge is 2.39. The fourth-order valence-electron chi connectivity index (χ4n) is 1.66. The van der Waals surface area contributed by atoms with E-state index in [0.717, 1.165) is 0 Å². The van der Waals surface area contributed by atoms with E-state index in [1.54, 1.807) is 20.0 Å². The van der Waals surface area contributed by atoms with Crippen molar-refractivity contribution >= 4 is 29.1 Å². The average molecular weight is 315 g/mol. The molecule has 0 aliphatic rings. The first kappa shape index (κ1) is 16.8. The minimum absolute atomic E-state index is 0.0480. The van der Waals surface area contributed by atoms with E-state index in [1.165, 1.54) is 24.2 Å². The first-order chi connectivity index (χ1) is 9.92. The number of halogens is 1. The molecule has 0 saturated heterocycles. The molecule has 1 heterocycles. The van der Waals surface area contributed by atoms with Gasteiger partial charge in [-0.05, 0) is 19.1 Å². The van der Waals surface area contributed by atoms with Crippen LogP contribution in [0.2, 0.25) is 5.15 Å². The van der Waals surface area contributed by atoms with Crippen LogP contribution in [0.3, 0.4) is 0 Å². The van der Waals surface area contributed by atoms with Gasteiger partial charge in [-0.15, -0.1) is 0 Å². The molecule has 9 heteroatoms. The second-order valence-corrected chi connectivity index (χ2v) is 4.31. The van der Waals surface area contributed by atoms with Crippen LogP contribution in [0.15, 0.2) is 23.3 Å². The highest BCUT2D eigenvalue weighted by Crippen LogP contribution is 2.16. The monoisotopic (exact) mass is 314 g/mol. The van der Waals surface area contributed by atoms with E-state index < -0.39 is 16.9 Å². The van der Waals surface area contributed by atoms with Crippen LogP contribution in [0, 0.1) is 10.1 Å². The van der Waals surface area contributed by atoms with Gasteiger partial charge in [-0.2, -0.15) is 0 Å². The number of nitrogens with zero attached hydrogens (tertiary/aromatic N) is 4. The molecule has 1 rings (SSSR count). The molecule has 1 unspecified atom stereocenters. The highest BCUT2D eigenvalue weighted by molar-refractivity contribution is 6.29. The molecule has 0 bridgehead atoms. The number of aromatic nitrogens is 1. The van der Waals surface area contributed by atoms with Gasteiger partial charge in [-0.3, -0.25) is 15.1 Å². The lowest BCUT2D eigenvalue weighted by Crippen LogP contribution is -2.47. The number of carbonyl (C=O) groups is 1. The standard InChI is InChI=1S/C12H15ClN4O4/c1-4-21-12(18)10(17(19)20)11(14-2)16(3)8-5-6-9(13)15-7-8/h5-7,10H,4H2,1-3H3. The number of rotatable bonds is 5. The van der Waals surface area contributed by atoms with E-state index in [-0.39, 0.29) is 12.4 Å². The number of ether oxygens (including phenoxy) is 1. The van der Waals surface area contributed by atoms with E-state index >= 15 is 0 Å². The van der Waals surface area contributed by atoms with Crippen LogP contribution in [0.5, 0.6) is 0 Å². The summed E-state index contributed by atoms with van der Waals surface area (Å²) < 4.78 is 4.73. The van der Waals surface area contributed by atoms with Gasteiger partial charge in [0, 0.05) is 19.0 Å². The molecule has 8 nitrogen and oxygen atoms in total. The molecule has 0 aliphatic heterocycles. The molecule has 0 radical (unpaired) electrons. The Labute approximate surface area is 126 Å². The van der Waals surface area contributed by atoms with Crippen molar-refractivity contribution in [2.24, 2.45) is 4.99 Å². The number of hydrogen-bond acceptors (Lipinski definition) is 6. The summed E-state index contributed by atoms with van der Waals surface area (Å²) in [5.74, 6) is -1.01. The Hall–Kier alpha value is -2.22. The molecule has 1 atom stereocenters. The maximum Gasteiger partial charge on any atom is 0.390 e. The average Bonchev–Trinajstić information content (AvgIpc) is 2.44. The maximum atomic E-state index is 11.8. The number of hydrogen-bond donors (Lipinski definition) is 0. The Morgan fingerprint density at radius 1 is 1.62 bits per heavy atom. The summed E-state index contributed by atoms with van der Waals surface area (Å²) in [7, 11) is 2.91. The third-order valence-corrected chi connectivity index (χ3v) is 2.86.